The van der Waals surface area contributed by atoms with Gasteiger partial charge in [0, 0.05) is 6.54 Å². The van der Waals surface area contributed by atoms with Crippen molar-refractivity contribution in [1.29, 1.82) is 0 Å². The van der Waals surface area contributed by atoms with Gasteiger partial charge in [0.1, 0.15) is 11.8 Å². The largest absolute Gasteiger partial charge is 0.382 e. The highest BCUT2D eigenvalue weighted by molar-refractivity contribution is 5.81. The summed E-state index contributed by atoms with van der Waals surface area (Å²) in [5, 5.41) is 0. The van der Waals surface area contributed by atoms with Gasteiger partial charge in [0.2, 0.25) is 0 Å². The second kappa shape index (κ2) is 6.32. The smallest absolute Gasteiger partial charge is 0.165 e. The van der Waals surface area contributed by atoms with Crippen molar-refractivity contribution in [3.05, 3.63) is 36.0 Å². The van der Waals surface area contributed by atoms with Gasteiger partial charge >= 0.3 is 0 Å². The summed E-state index contributed by atoms with van der Waals surface area (Å²) in [6, 6.07) is 0. The van der Waals surface area contributed by atoms with E-state index in [1.165, 1.54) is 17.5 Å². The number of nitrogen functional groups attached to an aromatic ring is 1. The minimum atomic E-state index is 0.429. The van der Waals surface area contributed by atoms with Gasteiger partial charge in [-0.25, -0.2) is 15.0 Å². The third kappa shape index (κ3) is 3.44. The maximum atomic E-state index is 5.77. The third-order valence-corrected chi connectivity index (χ3v) is 3.16. The first-order chi connectivity index (χ1) is 9.58. The summed E-state index contributed by atoms with van der Waals surface area (Å²) in [5.74, 6) is 0.429. The maximum absolute atomic E-state index is 5.77. The number of imidazole rings is 1. The molecule has 5 heteroatoms. The van der Waals surface area contributed by atoms with Crippen molar-refractivity contribution in [2.45, 2.75) is 40.2 Å². The number of hydrogen-bond acceptors (Lipinski definition) is 4. The van der Waals surface area contributed by atoms with E-state index in [9.17, 15) is 0 Å². The molecule has 2 aromatic rings. The Bertz CT molecular complexity index is 647. The fourth-order valence-electron chi connectivity index (χ4n) is 1.98. The highest BCUT2D eigenvalue weighted by Crippen LogP contribution is 2.15. The van der Waals surface area contributed by atoms with Crippen LogP contribution >= 0.6 is 0 Å². The molecule has 0 aliphatic carbocycles. The van der Waals surface area contributed by atoms with E-state index in [1.54, 1.807) is 6.33 Å². The lowest BCUT2D eigenvalue weighted by Crippen LogP contribution is -1.98. The Morgan fingerprint density at radius 3 is 2.75 bits per heavy atom. The molecular weight excluding hydrogens is 250 g/mol. The first-order valence-electron chi connectivity index (χ1n) is 6.78. The molecule has 0 saturated heterocycles. The second-order valence-corrected chi connectivity index (χ2v) is 5.20. The first kappa shape index (κ1) is 14.2. The number of fused-ring (bicyclic) bond motifs is 1. The Kier molecular flexibility index (Phi) is 4.50. The van der Waals surface area contributed by atoms with Gasteiger partial charge in [-0.2, -0.15) is 0 Å². The molecule has 0 aromatic carbocycles. The SMILES string of the molecule is CC(C)=CCC/C(C)=C/Cn1cnc2c(N)ncnc21. The molecule has 0 fully saturated rings. The van der Waals surface area contributed by atoms with Crippen LogP contribution in [0.15, 0.2) is 36.0 Å². The summed E-state index contributed by atoms with van der Waals surface area (Å²) < 4.78 is 1.98. The molecule has 0 unspecified atom stereocenters. The molecule has 2 N–H and O–H groups in total. The van der Waals surface area contributed by atoms with Gasteiger partial charge in [0.05, 0.1) is 6.33 Å². The quantitative estimate of drug-likeness (QED) is 0.848. The van der Waals surface area contributed by atoms with E-state index in [2.05, 4.69) is 47.9 Å². The van der Waals surface area contributed by atoms with Crippen LogP contribution in [0.2, 0.25) is 0 Å². The molecule has 0 bridgehead atoms. The fraction of sp³-hybridized carbons (Fsp3) is 0.400. The number of hydrogen-bond donors (Lipinski definition) is 1. The molecule has 106 valence electrons. The van der Waals surface area contributed by atoms with Gasteiger partial charge in [-0.1, -0.05) is 23.3 Å². The van der Waals surface area contributed by atoms with E-state index < -0.39 is 0 Å². The zero-order chi connectivity index (χ0) is 14.5. The van der Waals surface area contributed by atoms with Crippen LogP contribution in [0, 0.1) is 0 Å². The molecule has 2 rings (SSSR count). The van der Waals surface area contributed by atoms with Crippen molar-refractivity contribution in [2.24, 2.45) is 0 Å². The van der Waals surface area contributed by atoms with Crippen LogP contribution in [0.25, 0.3) is 11.2 Å². The number of anilines is 1. The zero-order valence-corrected chi connectivity index (χ0v) is 12.3. The Labute approximate surface area is 119 Å². The maximum Gasteiger partial charge on any atom is 0.165 e. The van der Waals surface area contributed by atoms with Gasteiger partial charge in [-0.15, -0.1) is 0 Å². The minimum absolute atomic E-state index is 0.429. The molecule has 0 aliphatic heterocycles. The van der Waals surface area contributed by atoms with Gasteiger partial charge in [0.15, 0.2) is 11.5 Å². The number of aromatic nitrogens is 4. The van der Waals surface area contributed by atoms with Crippen molar-refractivity contribution < 1.29 is 0 Å². The lowest BCUT2D eigenvalue weighted by Gasteiger charge is -2.02. The zero-order valence-electron chi connectivity index (χ0n) is 12.3. The van der Waals surface area contributed by atoms with Gasteiger partial charge in [-0.05, 0) is 33.6 Å². The highest BCUT2D eigenvalue weighted by atomic mass is 15.1. The molecule has 20 heavy (non-hydrogen) atoms. The van der Waals surface area contributed by atoms with E-state index in [4.69, 9.17) is 5.73 Å². The second-order valence-electron chi connectivity index (χ2n) is 5.20. The first-order valence-corrected chi connectivity index (χ1v) is 6.78. The molecule has 0 aliphatic rings. The lowest BCUT2D eigenvalue weighted by atomic mass is 10.1. The van der Waals surface area contributed by atoms with Crippen molar-refractivity contribution in [3.8, 4) is 0 Å². The summed E-state index contributed by atoms with van der Waals surface area (Å²) >= 11 is 0. The third-order valence-electron chi connectivity index (χ3n) is 3.16. The minimum Gasteiger partial charge on any atom is -0.382 e. The average molecular weight is 271 g/mol. The van der Waals surface area contributed by atoms with E-state index in [-0.39, 0.29) is 0 Å². The predicted octanol–water partition coefficient (Wildman–Crippen LogP) is 3.10. The topological polar surface area (TPSA) is 69.6 Å². The molecule has 0 amide bonds. The Morgan fingerprint density at radius 1 is 1.20 bits per heavy atom. The summed E-state index contributed by atoms with van der Waals surface area (Å²) in [7, 11) is 0. The molecular formula is C15H21N5. The number of rotatable bonds is 5. The van der Waals surface area contributed by atoms with Crippen molar-refractivity contribution >= 4 is 17.0 Å². The molecule has 2 aromatic heterocycles. The van der Waals surface area contributed by atoms with E-state index in [0.29, 0.717) is 11.3 Å². The van der Waals surface area contributed by atoms with E-state index in [0.717, 1.165) is 25.0 Å². The average Bonchev–Trinajstić information content (AvgIpc) is 2.80. The molecule has 0 radical (unpaired) electrons. The summed E-state index contributed by atoms with van der Waals surface area (Å²) in [5.41, 5.74) is 9.96. The molecule has 5 nitrogen and oxygen atoms in total. The fourth-order valence-corrected chi connectivity index (χ4v) is 1.98. The number of allylic oxidation sites excluding steroid dienone is 4. The van der Waals surface area contributed by atoms with Crippen molar-refractivity contribution in [2.75, 3.05) is 5.73 Å². The Morgan fingerprint density at radius 2 is 2.00 bits per heavy atom. The molecule has 0 spiro atoms. The Hall–Kier alpha value is -2.17. The van der Waals surface area contributed by atoms with Crippen molar-refractivity contribution in [3.63, 3.8) is 0 Å². The predicted molar refractivity (Wildman–Crippen MR) is 82.2 cm³/mol. The van der Waals surface area contributed by atoms with Crippen molar-refractivity contribution in [1.82, 2.24) is 19.5 Å². The highest BCUT2D eigenvalue weighted by Gasteiger charge is 2.06. The standard InChI is InChI=1S/C15H21N5/c1-11(2)5-4-6-12(3)7-8-20-10-19-13-14(16)17-9-18-15(13)20/h5,7,9-10H,4,6,8H2,1-3H3,(H2,16,17,18)/b12-7+. The van der Waals surface area contributed by atoms with Crippen LogP contribution in [0.1, 0.15) is 33.6 Å². The summed E-state index contributed by atoms with van der Waals surface area (Å²) in [6.45, 7) is 7.16. The normalized spacial score (nSPS) is 11.8. The number of nitrogens with two attached hydrogens (primary N) is 1. The summed E-state index contributed by atoms with van der Waals surface area (Å²) in [6.07, 6.45) is 9.87. The van der Waals surface area contributed by atoms with Crippen LogP contribution in [0.4, 0.5) is 5.82 Å². The molecule has 0 atom stereocenters. The van der Waals surface area contributed by atoms with Gasteiger partial charge in [0.25, 0.3) is 0 Å². The van der Waals surface area contributed by atoms with Gasteiger partial charge in [-0.3, -0.25) is 0 Å². The van der Waals surface area contributed by atoms with Crippen LogP contribution < -0.4 is 5.73 Å². The summed E-state index contributed by atoms with van der Waals surface area (Å²) in [4.78, 5) is 12.4. The number of nitrogens with zero attached hydrogens (tertiary/aromatic N) is 4. The molecule has 2 heterocycles. The van der Waals surface area contributed by atoms with Crippen LogP contribution in [0.3, 0.4) is 0 Å². The van der Waals surface area contributed by atoms with Crippen LogP contribution in [-0.2, 0) is 6.54 Å². The van der Waals surface area contributed by atoms with Crippen LogP contribution in [0.5, 0.6) is 0 Å². The van der Waals surface area contributed by atoms with E-state index in [1.807, 2.05) is 4.57 Å². The van der Waals surface area contributed by atoms with E-state index >= 15 is 0 Å². The lowest BCUT2D eigenvalue weighted by molar-refractivity contribution is 0.820. The van der Waals surface area contributed by atoms with Gasteiger partial charge < -0.3 is 10.3 Å². The monoisotopic (exact) mass is 271 g/mol. The Balaban J connectivity index is 2.05. The van der Waals surface area contributed by atoms with Crippen LogP contribution in [-0.4, -0.2) is 19.5 Å². The molecule has 0 saturated carbocycles.